The van der Waals surface area contributed by atoms with Crippen molar-refractivity contribution in [2.45, 2.75) is 26.2 Å². The van der Waals surface area contributed by atoms with Crippen LogP contribution in [0.3, 0.4) is 0 Å². The van der Waals surface area contributed by atoms with Crippen LogP contribution in [0, 0.1) is 6.92 Å². The molecule has 0 amide bonds. The molecular weight excluding hydrogens is 296 g/mol. The third-order valence-electron chi connectivity index (χ3n) is 4.57. The fourth-order valence-electron chi connectivity index (χ4n) is 3.33. The van der Waals surface area contributed by atoms with Gasteiger partial charge in [-0.3, -0.25) is 0 Å². The second-order valence-corrected chi connectivity index (χ2v) is 6.36. The summed E-state index contributed by atoms with van der Waals surface area (Å²) >= 11 is 0. The van der Waals surface area contributed by atoms with Crippen molar-refractivity contribution in [1.29, 1.82) is 0 Å². The number of fused-ring (bicyclic) bond motifs is 1. The van der Waals surface area contributed by atoms with Crippen LogP contribution < -0.4 is 10.2 Å². The SMILES string of the molecule is Cc1nc(Nc2ccc(N3CCCCC3)cc2)c2ccccc2n1. The Balaban J connectivity index is 1.59. The largest absolute Gasteiger partial charge is 0.372 e. The molecule has 24 heavy (non-hydrogen) atoms. The van der Waals surface area contributed by atoms with Gasteiger partial charge in [0, 0.05) is 29.9 Å². The van der Waals surface area contributed by atoms with Crippen molar-refractivity contribution < 1.29 is 0 Å². The van der Waals surface area contributed by atoms with Gasteiger partial charge >= 0.3 is 0 Å². The second-order valence-electron chi connectivity index (χ2n) is 6.36. The molecule has 4 nitrogen and oxygen atoms in total. The number of nitrogens with zero attached hydrogens (tertiary/aromatic N) is 3. The van der Waals surface area contributed by atoms with E-state index in [9.17, 15) is 0 Å². The monoisotopic (exact) mass is 318 g/mol. The third-order valence-corrected chi connectivity index (χ3v) is 4.57. The Morgan fingerprint density at radius 3 is 2.42 bits per heavy atom. The molecule has 0 saturated carbocycles. The first-order valence-corrected chi connectivity index (χ1v) is 8.65. The van der Waals surface area contributed by atoms with E-state index >= 15 is 0 Å². The standard InChI is InChI=1S/C20H22N4/c1-15-21-19-8-4-3-7-18(19)20(22-15)23-16-9-11-17(12-10-16)24-13-5-2-6-14-24/h3-4,7-12H,2,5-6,13-14H2,1H3,(H,21,22,23). The molecule has 122 valence electrons. The molecule has 0 radical (unpaired) electrons. The summed E-state index contributed by atoms with van der Waals surface area (Å²) in [6.45, 7) is 4.27. The lowest BCUT2D eigenvalue weighted by Crippen LogP contribution is -2.29. The van der Waals surface area contributed by atoms with E-state index < -0.39 is 0 Å². The highest BCUT2D eigenvalue weighted by molar-refractivity contribution is 5.90. The first-order chi connectivity index (χ1) is 11.8. The normalized spacial score (nSPS) is 14.8. The molecule has 2 heterocycles. The van der Waals surface area contributed by atoms with Gasteiger partial charge in [0.25, 0.3) is 0 Å². The molecule has 3 aromatic rings. The molecule has 2 aromatic carbocycles. The van der Waals surface area contributed by atoms with Crippen molar-refractivity contribution in [3.63, 3.8) is 0 Å². The van der Waals surface area contributed by atoms with Gasteiger partial charge in [-0.05, 0) is 62.6 Å². The van der Waals surface area contributed by atoms with Crippen molar-refractivity contribution in [2.75, 3.05) is 23.3 Å². The topological polar surface area (TPSA) is 41.1 Å². The van der Waals surface area contributed by atoms with Gasteiger partial charge in [0.05, 0.1) is 5.52 Å². The van der Waals surface area contributed by atoms with E-state index in [0.29, 0.717) is 0 Å². The van der Waals surface area contributed by atoms with Gasteiger partial charge in [-0.25, -0.2) is 9.97 Å². The van der Waals surface area contributed by atoms with Crippen molar-refractivity contribution in [3.8, 4) is 0 Å². The first-order valence-electron chi connectivity index (χ1n) is 8.65. The Hall–Kier alpha value is -2.62. The quantitative estimate of drug-likeness (QED) is 0.762. The molecule has 0 unspecified atom stereocenters. The van der Waals surface area contributed by atoms with E-state index in [-0.39, 0.29) is 0 Å². The minimum atomic E-state index is 0.779. The molecule has 1 saturated heterocycles. The van der Waals surface area contributed by atoms with Crippen LogP contribution >= 0.6 is 0 Å². The summed E-state index contributed by atoms with van der Waals surface area (Å²) in [7, 11) is 0. The maximum atomic E-state index is 4.58. The smallest absolute Gasteiger partial charge is 0.142 e. The Bertz CT molecular complexity index is 836. The van der Waals surface area contributed by atoms with Crippen molar-refractivity contribution in [2.24, 2.45) is 0 Å². The van der Waals surface area contributed by atoms with Crippen LogP contribution in [0.2, 0.25) is 0 Å². The highest BCUT2D eigenvalue weighted by Crippen LogP contribution is 2.26. The number of aryl methyl sites for hydroxylation is 1. The van der Waals surface area contributed by atoms with Gasteiger partial charge in [-0.1, -0.05) is 12.1 Å². The van der Waals surface area contributed by atoms with Gasteiger partial charge < -0.3 is 10.2 Å². The molecule has 0 spiro atoms. The average Bonchev–Trinajstić information content (AvgIpc) is 2.63. The van der Waals surface area contributed by atoms with E-state index in [0.717, 1.165) is 28.2 Å². The number of nitrogens with one attached hydrogen (secondary N) is 1. The zero-order valence-electron chi connectivity index (χ0n) is 14.0. The minimum absolute atomic E-state index is 0.779. The Morgan fingerprint density at radius 1 is 0.875 bits per heavy atom. The van der Waals surface area contributed by atoms with Crippen LogP contribution in [0.5, 0.6) is 0 Å². The molecule has 0 atom stereocenters. The average molecular weight is 318 g/mol. The zero-order chi connectivity index (χ0) is 16.4. The van der Waals surface area contributed by atoms with Crippen LogP contribution in [0.4, 0.5) is 17.2 Å². The van der Waals surface area contributed by atoms with E-state index in [1.54, 1.807) is 0 Å². The summed E-state index contributed by atoms with van der Waals surface area (Å²) < 4.78 is 0. The number of anilines is 3. The molecule has 1 aliphatic rings. The number of piperidine rings is 1. The van der Waals surface area contributed by atoms with E-state index in [1.807, 2.05) is 25.1 Å². The number of hydrogen-bond acceptors (Lipinski definition) is 4. The Labute approximate surface area is 142 Å². The number of benzene rings is 2. The molecule has 0 bridgehead atoms. The summed E-state index contributed by atoms with van der Waals surface area (Å²) in [4.78, 5) is 11.5. The molecule has 1 aliphatic heterocycles. The van der Waals surface area contributed by atoms with Gasteiger partial charge in [-0.2, -0.15) is 0 Å². The summed E-state index contributed by atoms with van der Waals surface area (Å²) in [6.07, 6.45) is 3.95. The lowest BCUT2D eigenvalue weighted by Gasteiger charge is -2.28. The van der Waals surface area contributed by atoms with Gasteiger partial charge in [-0.15, -0.1) is 0 Å². The van der Waals surface area contributed by atoms with Crippen LogP contribution in [-0.2, 0) is 0 Å². The van der Waals surface area contributed by atoms with E-state index in [2.05, 4.69) is 50.5 Å². The minimum Gasteiger partial charge on any atom is -0.372 e. The third kappa shape index (κ3) is 3.04. The molecule has 1 aromatic heterocycles. The highest BCUT2D eigenvalue weighted by Gasteiger charge is 2.11. The maximum Gasteiger partial charge on any atom is 0.142 e. The molecular formula is C20H22N4. The number of para-hydroxylation sites is 1. The molecule has 1 fully saturated rings. The number of aromatic nitrogens is 2. The predicted molar refractivity (Wildman–Crippen MR) is 100 cm³/mol. The Kier molecular flexibility index (Phi) is 4.03. The predicted octanol–water partition coefficient (Wildman–Crippen LogP) is 4.67. The van der Waals surface area contributed by atoms with Gasteiger partial charge in [0.2, 0.25) is 0 Å². The summed E-state index contributed by atoms with van der Waals surface area (Å²) in [6, 6.07) is 16.8. The summed E-state index contributed by atoms with van der Waals surface area (Å²) in [5.41, 5.74) is 3.33. The summed E-state index contributed by atoms with van der Waals surface area (Å²) in [5, 5.41) is 4.49. The lowest BCUT2D eigenvalue weighted by atomic mass is 10.1. The molecule has 4 heteroatoms. The second kappa shape index (κ2) is 6.48. The number of rotatable bonds is 3. The van der Waals surface area contributed by atoms with Gasteiger partial charge in [0.1, 0.15) is 11.6 Å². The zero-order valence-corrected chi connectivity index (χ0v) is 14.0. The molecule has 1 N–H and O–H groups in total. The maximum absolute atomic E-state index is 4.58. The van der Waals surface area contributed by atoms with E-state index in [4.69, 9.17) is 0 Å². The first kappa shape index (κ1) is 14.9. The van der Waals surface area contributed by atoms with Crippen LogP contribution in [0.25, 0.3) is 10.9 Å². The van der Waals surface area contributed by atoms with Crippen molar-refractivity contribution >= 4 is 28.1 Å². The Morgan fingerprint density at radius 2 is 1.62 bits per heavy atom. The fraction of sp³-hybridized carbons (Fsp3) is 0.300. The van der Waals surface area contributed by atoms with Crippen LogP contribution in [0.1, 0.15) is 25.1 Å². The van der Waals surface area contributed by atoms with Crippen LogP contribution in [0.15, 0.2) is 48.5 Å². The highest BCUT2D eigenvalue weighted by atomic mass is 15.1. The molecule has 0 aliphatic carbocycles. The van der Waals surface area contributed by atoms with Crippen LogP contribution in [-0.4, -0.2) is 23.1 Å². The van der Waals surface area contributed by atoms with E-state index in [1.165, 1.54) is 38.0 Å². The summed E-state index contributed by atoms with van der Waals surface area (Å²) in [5.74, 6) is 1.64. The van der Waals surface area contributed by atoms with Gasteiger partial charge in [0.15, 0.2) is 0 Å². The molecule has 4 rings (SSSR count). The lowest BCUT2D eigenvalue weighted by molar-refractivity contribution is 0.578. The van der Waals surface area contributed by atoms with Crippen molar-refractivity contribution in [3.05, 3.63) is 54.4 Å². The van der Waals surface area contributed by atoms with Crippen molar-refractivity contribution in [1.82, 2.24) is 9.97 Å². The number of hydrogen-bond donors (Lipinski definition) is 1. The fourth-order valence-corrected chi connectivity index (χ4v) is 3.33.